The summed E-state index contributed by atoms with van der Waals surface area (Å²) in [6.07, 6.45) is 0. The lowest BCUT2D eigenvalue weighted by Gasteiger charge is -2.14. The van der Waals surface area contributed by atoms with Gasteiger partial charge in [-0.25, -0.2) is 15.0 Å². The number of aromatic nitrogens is 4. The summed E-state index contributed by atoms with van der Waals surface area (Å²) in [4.78, 5) is 15.3. The molecule has 12 aromatic rings. The number of hydrogen-bond donors (Lipinski definition) is 0. The van der Waals surface area contributed by atoms with Gasteiger partial charge in [-0.1, -0.05) is 170 Å². The van der Waals surface area contributed by atoms with Crippen LogP contribution in [0, 0.1) is 0 Å². The molecule has 0 saturated heterocycles. The Bertz CT molecular complexity index is 3570. The number of furan rings is 1. The van der Waals surface area contributed by atoms with Gasteiger partial charge in [0.2, 0.25) is 0 Å². The second-order valence-corrected chi connectivity index (χ2v) is 15.6. The molecule has 0 fully saturated rings. The molecule has 0 spiro atoms. The second-order valence-electron chi connectivity index (χ2n) is 15.6. The highest BCUT2D eigenvalue weighted by Gasteiger charge is 2.18. The van der Waals surface area contributed by atoms with E-state index in [1.54, 1.807) is 0 Å². The largest absolute Gasteiger partial charge is 0.456 e. The average molecular weight is 793 g/mol. The number of hydrogen-bond acceptors (Lipinski definition) is 4. The first kappa shape index (κ1) is 35.5. The van der Waals surface area contributed by atoms with Crippen molar-refractivity contribution in [2.45, 2.75) is 0 Å². The molecule has 5 heteroatoms. The van der Waals surface area contributed by atoms with Crippen LogP contribution in [0.4, 0.5) is 0 Å². The van der Waals surface area contributed by atoms with Crippen molar-refractivity contribution < 1.29 is 4.42 Å². The third-order valence-corrected chi connectivity index (χ3v) is 11.9. The molecule has 0 aliphatic heterocycles. The van der Waals surface area contributed by atoms with Gasteiger partial charge in [-0.3, -0.25) is 0 Å². The van der Waals surface area contributed by atoms with E-state index in [-0.39, 0.29) is 0 Å². The van der Waals surface area contributed by atoms with Crippen molar-refractivity contribution >= 4 is 43.7 Å². The van der Waals surface area contributed by atoms with Crippen molar-refractivity contribution in [2.24, 2.45) is 0 Å². The van der Waals surface area contributed by atoms with Crippen LogP contribution in [0.25, 0.3) is 117 Å². The summed E-state index contributed by atoms with van der Waals surface area (Å²) in [5.41, 5.74) is 14.5. The van der Waals surface area contributed by atoms with Gasteiger partial charge >= 0.3 is 0 Å². The maximum atomic E-state index is 6.60. The van der Waals surface area contributed by atoms with Crippen LogP contribution in [-0.2, 0) is 0 Å². The van der Waals surface area contributed by atoms with E-state index < -0.39 is 0 Å². The summed E-state index contributed by atoms with van der Waals surface area (Å²) in [7, 11) is 0. The Morgan fingerprint density at radius 2 is 0.790 bits per heavy atom. The van der Waals surface area contributed by atoms with E-state index in [9.17, 15) is 0 Å². The minimum atomic E-state index is 0.574. The highest BCUT2D eigenvalue weighted by molar-refractivity contribution is 6.10. The van der Waals surface area contributed by atoms with Crippen LogP contribution >= 0.6 is 0 Å². The van der Waals surface area contributed by atoms with Crippen LogP contribution in [0.3, 0.4) is 0 Å². The first-order valence-electron chi connectivity index (χ1n) is 20.8. The molecule has 290 valence electrons. The van der Waals surface area contributed by atoms with Gasteiger partial charge in [-0.15, -0.1) is 0 Å². The minimum absolute atomic E-state index is 0.574. The summed E-state index contributed by atoms with van der Waals surface area (Å²) >= 11 is 0. The van der Waals surface area contributed by atoms with Crippen molar-refractivity contribution in [3.8, 4) is 73.2 Å². The Morgan fingerprint density at radius 1 is 0.290 bits per heavy atom. The fraction of sp³-hybridized carbons (Fsp3) is 0. The van der Waals surface area contributed by atoms with Gasteiger partial charge in [0, 0.05) is 43.8 Å². The Kier molecular flexibility index (Phi) is 8.42. The van der Waals surface area contributed by atoms with Crippen molar-refractivity contribution in [2.75, 3.05) is 0 Å². The number of fused-ring (bicyclic) bond motifs is 6. The minimum Gasteiger partial charge on any atom is -0.456 e. The van der Waals surface area contributed by atoms with Crippen molar-refractivity contribution in [1.82, 2.24) is 19.5 Å². The standard InChI is InChI=1S/C57H36N4O/c1-3-14-37(15-4-1)39-26-28-40(29-27-39)55-58-56(43-19-13-18-41(34-43)38-16-5-2-6-17-38)60-57(59-55)44-30-32-48-49-35-42(31-33-53(49)62-54(48)36-44)45-20-7-10-23-50(45)61-51-24-11-8-21-46(51)47-22-9-12-25-52(47)61/h1-36H. The number of para-hydroxylation sites is 3. The molecule has 0 amide bonds. The van der Waals surface area contributed by atoms with E-state index >= 15 is 0 Å². The van der Waals surface area contributed by atoms with E-state index in [4.69, 9.17) is 19.4 Å². The quantitative estimate of drug-likeness (QED) is 0.161. The molecular formula is C57H36N4O. The van der Waals surface area contributed by atoms with E-state index in [2.05, 4.69) is 211 Å². The van der Waals surface area contributed by atoms with Crippen molar-refractivity contribution in [3.63, 3.8) is 0 Å². The van der Waals surface area contributed by atoms with Crippen LogP contribution in [-0.4, -0.2) is 19.5 Å². The molecule has 0 bridgehead atoms. The predicted molar refractivity (Wildman–Crippen MR) is 254 cm³/mol. The Morgan fingerprint density at radius 3 is 1.50 bits per heavy atom. The highest BCUT2D eigenvalue weighted by atomic mass is 16.3. The van der Waals surface area contributed by atoms with Crippen molar-refractivity contribution in [3.05, 3.63) is 218 Å². The molecule has 3 heterocycles. The van der Waals surface area contributed by atoms with Crippen molar-refractivity contribution in [1.29, 1.82) is 0 Å². The third-order valence-electron chi connectivity index (χ3n) is 11.9. The zero-order valence-electron chi connectivity index (χ0n) is 33.5. The fourth-order valence-electron chi connectivity index (χ4n) is 8.85. The normalized spacial score (nSPS) is 11.5. The molecule has 0 saturated carbocycles. The smallest absolute Gasteiger partial charge is 0.164 e. The summed E-state index contributed by atoms with van der Waals surface area (Å²) in [6.45, 7) is 0. The zero-order chi connectivity index (χ0) is 41.0. The van der Waals surface area contributed by atoms with E-state index in [1.165, 1.54) is 21.8 Å². The molecule has 0 N–H and O–H groups in total. The Balaban J connectivity index is 0.965. The molecule has 0 atom stereocenters. The van der Waals surface area contributed by atoms with Crippen LogP contribution in [0.15, 0.2) is 223 Å². The molecule has 62 heavy (non-hydrogen) atoms. The van der Waals surface area contributed by atoms with Gasteiger partial charge in [-0.2, -0.15) is 0 Å². The molecule has 12 rings (SSSR count). The zero-order valence-corrected chi connectivity index (χ0v) is 33.5. The topological polar surface area (TPSA) is 56.7 Å². The Labute approximate surface area is 357 Å². The lowest BCUT2D eigenvalue weighted by atomic mass is 10.0. The van der Waals surface area contributed by atoms with Gasteiger partial charge in [0.1, 0.15) is 11.2 Å². The molecule has 9 aromatic carbocycles. The van der Waals surface area contributed by atoms with Crippen LogP contribution in [0.1, 0.15) is 0 Å². The van der Waals surface area contributed by atoms with Gasteiger partial charge in [0.05, 0.1) is 16.7 Å². The van der Waals surface area contributed by atoms with Crippen LogP contribution in [0.2, 0.25) is 0 Å². The van der Waals surface area contributed by atoms with E-state index in [1.807, 2.05) is 12.1 Å². The van der Waals surface area contributed by atoms with Crippen LogP contribution in [0.5, 0.6) is 0 Å². The predicted octanol–water partition coefficient (Wildman–Crippen LogP) is 14.9. The highest BCUT2D eigenvalue weighted by Crippen LogP contribution is 2.39. The Hall–Kier alpha value is -8.41. The maximum Gasteiger partial charge on any atom is 0.164 e. The molecule has 0 aliphatic rings. The molecular weight excluding hydrogens is 757 g/mol. The molecule has 5 nitrogen and oxygen atoms in total. The average Bonchev–Trinajstić information content (AvgIpc) is 3.89. The summed E-state index contributed by atoms with van der Waals surface area (Å²) in [5.74, 6) is 1.78. The molecule has 0 unspecified atom stereocenters. The number of rotatable bonds is 7. The first-order chi connectivity index (χ1) is 30.7. The van der Waals surface area contributed by atoms with Gasteiger partial charge < -0.3 is 8.98 Å². The lowest BCUT2D eigenvalue weighted by molar-refractivity contribution is 0.669. The number of benzene rings is 9. The second kappa shape index (κ2) is 14.7. The molecule has 3 aromatic heterocycles. The van der Waals surface area contributed by atoms with Gasteiger partial charge in [0.15, 0.2) is 17.5 Å². The van der Waals surface area contributed by atoms with Gasteiger partial charge in [0.25, 0.3) is 0 Å². The van der Waals surface area contributed by atoms with E-state index in [0.29, 0.717) is 17.5 Å². The maximum absolute atomic E-state index is 6.60. The number of nitrogens with zero attached hydrogens (tertiary/aromatic N) is 4. The summed E-state index contributed by atoms with van der Waals surface area (Å²) in [5, 5.41) is 4.56. The van der Waals surface area contributed by atoms with E-state index in [0.717, 1.165) is 77.7 Å². The van der Waals surface area contributed by atoms with Crippen LogP contribution < -0.4 is 0 Å². The summed E-state index contributed by atoms with van der Waals surface area (Å²) < 4.78 is 8.98. The molecule has 0 radical (unpaired) electrons. The fourth-order valence-corrected chi connectivity index (χ4v) is 8.85. The SMILES string of the molecule is c1ccc(-c2ccc(-c3nc(-c4cccc(-c5ccccc5)c4)nc(-c4ccc5c(c4)oc4ccc(-c6ccccc6-n6c7ccccc7c7ccccc76)cc45)n3)cc2)cc1. The molecule has 0 aliphatic carbocycles. The third kappa shape index (κ3) is 6.14. The van der Waals surface area contributed by atoms with Gasteiger partial charge in [-0.05, 0) is 76.3 Å². The monoisotopic (exact) mass is 792 g/mol. The summed E-state index contributed by atoms with van der Waals surface area (Å²) in [6, 6.07) is 76.3. The first-order valence-corrected chi connectivity index (χ1v) is 20.8. The lowest BCUT2D eigenvalue weighted by Crippen LogP contribution is -2.00.